The van der Waals surface area contributed by atoms with E-state index in [1.807, 2.05) is 0 Å². The van der Waals surface area contributed by atoms with Crippen LogP contribution in [-0.4, -0.2) is 75.6 Å². The second-order valence-electron chi connectivity index (χ2n) is 7.88. The summed E-state index contributed by atoms with van der Waals surface area (Å²) in [5.41, 5.74) is 2.66. The molecule has 0 saturated carbocycles. The minimum Gasteiger partial charge on any atom is -0.369 e. The van der Waals surface area contributed by atoms with Crippen LogP contribution in [0.1, 0.15) is 33.7 Å². The Kier molecular flexibility index (Phi) is 5.68. The minimum atomic E-state index is -2.70. The number of aliphatic imine (C=N–C) groups is 1. The van der Waals surface area contributed by atoms with E-state index in [0.29, 0.717) is 16.8 Å². The first-order valence-electron chi connectivity index (χ1n) is 10.1. The number of hydrogen-bond donors (Lipinski definition) is 0. The standard InChI is InChI=1S/C22H22F2N6O2/c1-28(2)13-27-20(31)17-5-4-16(12-25-17)30-14-26-18-11-15(3-6-19(18)30)21(32)29-9-7-22(23,24)8-10-29/h3-6,11-14H,7-10H2,1-2H3. The molecule has 0 unspecified atom stereocenters. The molecule has 1 fully saturated rings. The number of carbonyl (C=O) groups excluding carboxylic acids is 2. The summed E-state index contributed by atoms with van der Waals surface area (Å²) in [6, 6.07) is 8.40. The second kappa shape index (κ2) is 8.45. The van der Waals surface area contributed by atoms with Crippen molar-refractivity contribution in [3.05, 3.63) is 54.1 Å². The number of hydrogen-bond acceptors (Lipinski definition) is 4. The smallest absolute Gasteiger partial charge is 0.296 e. The Morgan fingerprint density at radius 2 is 1.88 bits per heavy atom. The van der Waals surface area contributed by atoms with E-state index in [1.165, 1.54) is 11.2 Å². The van der Waals surface area contributed by atoms with Gasteiger partial charge in [0, 0.05) is 45.6 Å². The van der Waals surface area contributed by atoms with Gasteiger partial charge in [0.15, 0.2) is 0 Å². The number of halogens is 2. The van der Waals surface area contributed by atoms with E-state index in [-0.39, 0.29) is 37.5 Å². The van der Waals surface area contributed by atoms with Crippen molar-refractivity contribution in [2.45, 2.75) is 18.8 Å². The lowest BCUT2D eigenvalue weighted by molar-refractivity contribution is -0.0494. The van der Waals surface area contributed by atoms with Crippen LogP contribution in [-0.2, 0) is 0 Å². The fourth-order valence-electron chi connectivity index (χ4n) is 3.46. The fraction of sp³-hybridized carbons (Fsp3) is 0.318. The van der Waals surface area contributed by atoms with E-state index < -0.39 is 11.8 Å². The van der Waals surface area contributed by atoms with E-state index in [9.17, 15) is 18.4 Å². The van der Waals surface area contributed by atoms with Crippen LogP contribution in [0.4, 0.5) is 8.78 Å². The van der Waals surface area contributed by atoms with E-state index >= 15 is 0 Å². The largest absolute Gasteiger partial charge is 0.369 e. The number of carbonyl (C=O) groups is 2. The minimum absolute atomic E-state index is 0.0354. The van der Waals surface area contributed by atoms with Crippen LogP contribution < -0.4 is 0 Å². The van der Waals surface area contributed by atoms with Gasteiger partial charge in [-0.15, -0.1) is 0 Å². The Labute approximate surface area is 183 Å². The zero-order chi connectivity index (χ0) is 22.9. The number of pyridine rings is 1. The Hall–Kier alpha value is -3.69. The summed E-state index contributed by atoms with van der Waals surface area (Å²) < 4.78 is 28.5. The summed E-state index contributed by atoms with van der Waals surface area (Å²) >= 11 is 0. The Balaban J connectivity index is 1.53. The molecule has 2 aromatic heterocycles. The van der Waals surface area contributed by atoms with E-state index in [4.69, 9.17) is 0 Å². The van der Waals surface area contributed by atoms with Crippen LogP contribution >= 0.6 is 0 Å². The van der Waals surface area contributed by atoms with Crippen LogP contribution in [0.15, 0.2) is 47.8 Å². The monoisotopic (exact) mass is 440 g/mol. The normalized spacial score (nSPS) is 15.9. The Morgan fingerprint density at radius 1 is 1.12 bits per heavy atom. The number of alkyl halides is 2. The lowest BCUT2D eigenvalue weighted by Gasteiger charge is -2.31. The van der Waals surface area contributed by atoms with Gasteiger partial charge in [0.1, 0.15) is 12.0 Å². The van der Waals surface area contributed by atoms with E-state index in [2.05, 4.69) is 15.0 Å². The van der Waals surface area contributed by atoms with Crippen molar-refractivity contribution in [1.82, 2.24) is 24.3 Å². The average molecular weight is 440 g/mol. The first-order valence-corrected chi connectivity index (χ1v) is 10.1. The van der Waals surface area contributed by atoms with Gasteiger partial charge in [-0.25, -0.2) is 18.7 Å². The topological polar surface area (TPSA) is 83.7 Å². The van der Waals surface area contributed by atoms with Gasteiger partial charge < -0.3 is 9.80 Å². The number of likely N-dealkylation sites (tertiary alicyclic amines) is 1. The number of benzene rings is 1. The number of rotatable bonds is 4. The molecule has 1 aromatic carbocycles. The van der Waals surface area contributed by atoms with Crippen LogP contribution in [0.5, 0.6) is 0 Å². The Bertz CT molecular complexity index is 1180. The first-order chi connectivity index (χ1) is 15.2. The third-order valence-corrected chi connectivity index (χ3v) is 5.23. The SMILES string of the molecule is CN(C)C=NC(=O)c1ccc(-n2cnc3cc(C(=O)N4CCC(F)(F)CC4)ccc32)cn1. The summed E-state index contributed by atoms with van der Waals surface area (Å²) in [5.74, 6) is -3.43. The summed E-state index contributed by atoms with van der Waals surface area (Å²) in [7, 11) is 3.53. The van der Waals surface area contributed by atoms with Gasteiger partial charge in [0.2, 0.25) is 0 Å². The molecule has 1 aliphatic heterocycles. The van der Waals surface area contributed by atoms with Crippen LogP contribution in [0.25, 0.3) is 16.7 Å². The molecular weight excluding hydrogens is 418 g/mol. The van der Waals surface area contributed by atoms with Crippen molar-refractivity contribution >= 4 is 29.2 Å². The van der Waals surface area contributed by atoms with Crippen molar-refractivity contribution in [2.24, 2.45) is 4.99 Å². The fourth-order valence-corrected chi connectivity index (χ4v) is 3.46. The molecule has 3 aromatic rings. The molecule has 3 heterocycles. The van der Waals surface area contributed by atoms with E-state index in [0.717, 1.165) is 5.52 Å². The van der Waals surface area contributed by atoms with Crippen molar-refractivity contribution < 1.29 is 18.4 Å². The predicted molar refractivity (Wildman–Crippen MR) is 115 cm³/mol. The highest BCUT2D eigenvalue weighted by atomic mass is 19.3. The molecule has 1 aliphatic rings. The molecule has 0 aliphatic carbocycles. The molecular formula is C22H22F2N6O2. The highest BCUT2D eigenvalue weighted by Crippen LogP contribution is 2.29. The van der Waals surface area contributed by atoms with Crippen LogP contribution in [0.2, 0.25) is 0 Å². The quantitative estimate of drug-likeness (QED) is 0.460. The zero-order valence-corrected chi connectivity index (χ0v) is 17.7. The highest BCUT2D eigenvalue weighted by molar-refractivity contribution is 5.98. The van der Waals surface area contributed by atoms with Crippen LogP contribution in [0, 0.1) is 0 Å². The van der Waals surface area contributed by atoms with Gasteiger partial charge in [-0.2, -0.15) is 4.99 Å². The molecule has 0 radical (unpaired) electrons. The summed E-state index contributed by atoms with van der Waals surface area (Å²) in [6.45, 7) is 0.0707. The van der Waals surface area contributed by atoms with Crippen molar-refractivity contribution in [3.63, 3.8) is 0 Å². The van der Waals surface area contributed by atoms with Gasteiger partial charge in [-0.05, 0) is 30.3 Å². The molecule has 166 valence electrons. The molecule has 32 heavy (non-hydrogen) atoms. The van der Waals surface area contributed by atoms with E-state index in [1.54, 1.807) is 66.4 Å². The van der Waals surface area contributed by atoms with Gasteiger partial charge in [-0.3, -0.25) is 14.2 Å². The summed E-state index contributed by atoms with van der Waals surface area (Å²) in [6.07, 6.45) is 3.92. The second-order valence-corrected chi connectivity index (χ2v) is 7.88. The Morgan fingerprint density at radius 3 is 2.53 bits per heavy atom. The molecule has 0 bridgehead atoms. The predicted octanol–water partition coefficient (Wildman–Crippen LogP) is 3.02. The zero-order valence-electron chi connectivity index (χ0n) is 17.7. The maximum absolute atomic E-state index is 13.4. The number of imidazole rings is 1. The van der Waals surface area contributed by atoms with Crippen molar-refractivity contribution in [1.29, 1.82) is 0 Å². The van der Waals surface area contributed by atoms with Crippen molar-refractivity contribution in [2.75, 3.05) is 27.2 Å². The molecule has 4 rings (SSSR count). The average Bonchev–Trinajstić information content (AvgIpc) is 3.20. The highest BCUT2D eigenvalue weighted by Gasteiger charge is 2.35. The molecule has 2 amide bonds. The number of piperidine rings is 1. The number of aromatic nitrogens is 3. The lowest BCUT2D eigenvalue weighted by atomic mass is 10.1. The lowest BCUT2D eigenvalue weighted by Crippen LogP contribution is -2.42. The maximum atomic E-state index is 13.4. The molecule has 8 nitrogen and oxygen atoms in total. The van der Waals surface area contributed by atoms with Crippen molar-refractivity contribution in [3.8, 4) is 5.69 Å². The molecule has 0 atom stereocenters. The van der Waals surface area contributed by atoms with Gasteiger partial charge in [0.25, 0.3) is 17.7 Å². The molecule has 0 spiro atoms. The number of amides is 2. The van der Waals surface area contributed by atoms with Gasteiger partial charge in [0.05, 0.1) is 29.3 Å². The summed E-state index contributed by atoms with van der Waals surface area (Å²) in [4.78, 5) is 40.2. The number of nitrogens with zero attached hydrogens (tertiary/aromatic N) is 6. The van der Waals surface area contributed by atoms with Gasteiger partial charge in [-0.1, -0.05) is 0 Å². The molecule has 0 N–H and O–H groups in total. The van der Waals surface area contributed by atoms with Gasteiger partial charge >= 0.3 is 0 Å². The third-order valence-electron chi connectivity index (χ3n) is 5.23. The molecule has 1 saturated heterocycles. The third kappa shape index (κ3) is 4.48. The first kappa shape index (κ1) is 21.5. The summed E-state index contributed by atoms with van der Waals surface area (Å²) in [5, 5.41) is 0. The van der Waals surface area contributed by atoms with Crippen LogP contribution in [0.3, 0.4) is 0 Å². The maximum Gasteiger partial charge on any atom is 0.296 e. The molecule has 10 heteroatoms. The number of fused-ring (bicyclic) bond motifs is 1.